The second-order valence-electron chi connectivity index (χ2n) is 5.69. The highest BCUT2D eigenvalue weighted by atomic mass is 79.9. The SMILES string of the molecule is CCCCOCCCNC1CC(c2cccc(Br)c2)C1. The molecule has 0 aliphatic heterocycles. The van der Waals surface area contributed by atoms with E-state index in [-0.39, 0.29) is 0 Å². The predicted octanol–water partition coefficient (Wildman–Crippen LogP) is 4.49. The number of ether oxygens (including phenoxy) is 1. The fourth-order valence-corrected chi connectivity index (χ4v) is 3.06. The minimum atomic E-state index is 0.703. The summed E-state index contributed by atoms with van der Waals surface area (Å²) >= 11 is 3.55. The summed E-state index contributed by atoms with van der Waals surface area (Å²) in [5.41, 5.74) is 1.47. The molecular formula is C17H26BrNO. The van der Waals surface area contributed by atoms with Crippen LogP contribution in [0.5, 0.6) is 0 Å². The molecule has 1 fully saturated rings. The summed E-state index contributed by atoms with van der Waals surface area (Å²) in [5, 5.41) is 3.63. The van der Waals surface area contributed by atoms with Gasteiger partial charge in [0.1, 0.15) is 0 Å². The summed E-state index contributed by atoms with van der Waals surface area (Å²) in [6.07, 6.45) is 6.07. The second-order valence-corrected chi connectivity index (χ2v) is 6.61. The van der Waals surface area contributed by atoms with Crippen LogP contribution in [-0.4, -0.2) is 25.8 Å². The summed E-state index contributed by atoms with van der Waals surface area (Å²) in [5.74, 6) is 0.741. The van der Waals surface area contributed by atoms with E-state index in [4.69, 9.17) is 4.74 Å². The molecule has 0 aromatic heterocycles. The molecule has 2 rings (SSSR count). The average molecular weight is 340 g/mol. The summed E-state index contributed by atoms with van der Waals surface area (Å²) in [6.45, 7) is 5.10. The molecule has 0 unspecified atom stereocenters. The van der Waals surface area contributed by atoms with Gasteiger partial charge in [-0.1, -0.05) is 41.4 Å². The van der Waals surface area contributed by atoms with Crippen LogP contribution in [0.1, 0.15) is 50.5 Å². The van der Waals surface area contributed by atoms with Gasteiger partial charge in [-0.25, -0.2) is 0 Å². The van der Waals surface area contributed by atoms with Gasteiger partial charge < -0.3 is 10.1 Å². The van der Waals surface area contributed by atoms with E-state index in [0.29, 0.717) is 6.04 Å². The standard InChI is InChI=1S/C17H26BrNO/c1-2-3-9-20-10-5-8-19-17-12-15(13-17)14-6-4-7-16(18)11-14/h4,6-7,11,15,17,19H,2-3,5,8-10,12-13H2,1H3. The quantitative estimate of drug-likeness (QED) is 0.669. The molecule has 2 nitrogen and oxygen atoms in total. The van der Waals surface area contributed by atoms with Crippen molar-refractivity contribution in [3.63, 3.8) is 0 Å². The third-order valence-corrected chi connectivity index (χ3v) is 4.49. The van der Waals surface area contributed by atoms with Gasteiger partial charge in [-0.05, 0) is 55.8 Å². The number of hydrogen-bond donors (Lipinski definition) is 1. The lowest BCUT2D eigenvalue weighted by Crippen LogP contribution is -2.40. The molecule has 1 aromatic carbocycles. The lowest BCUT2D eigenvalue weighted by atomic mass is 9.76. The van der Waals surface area contributed by atoms with Crippen molar-refractivity contribution in [2.24, 2.45) is 0 Å². The smallest absolute Gasteiger partial charge is 0.0478 e. The Morgan fingerprint density at radius 1 is 1.25 bits per heavy atom. The number of halogens is 1. The minimum Gasteiger partial charge on any atom is -0.381 e. The molecular weight excluding hydrogens is 314 g/mol. The van der Waals surface area contributed by atoms with Crippen LogP contribution in [-0.2, 0) is 4.74 Å². The Kier molecular flexibility index (Phi) is 7.05. The van der Waals surface area contributed by atoms with Crippen molar-refractivity contribution in [3.8, 4) is 0 Å². The lowest BCUT2D eigenvalue weighted by molar-refractivity contribution is 0.127. The Morgan fingerprint density at radius 2 is 2.05 bits per heavy atom. The molecule has 1 N–H and O–H groups in total. The Hall–Kier alpha value is -0.380. The first-order valence-electron chi connectivity index (χ1n) is 7.86. The summed E-state index contributed by atoms with van der Waals surface area (Å²) in [6, 6.07) is 9.43. The molecule has 1 saturated carbocycles. The van der Waals surface area contributed by atoms with E-state index in [9.17, 15) is 0 Å². The maximum atomic E-state index is 5.57. The summed E-state index contributed by atoms with van der Waals surface area (Å²) in [4.78, 5) is 0. The van der Waals surface area contributed by atoms with E-state index >= 15 is 0 Å². The highest BCUT2D eigenvalue weighted by molar-refractivity contribution is 9.10. The zero-order valence-corrected chi connectivity index (χ0v) is 14.0. The van der Waals surface area contributed by atoms with E-state index in [1.807, 2.05) is 0 Å². The molecule has 112 valence electrons. The average Bonchev–Trinajstić information content (AvgIpc) is 2.39. The van der Waals surface area contributed by atoms with Crippen LogP contribution >= 0.6 is 15.9 Å². The number of benzene rings is 1. The number of rotatable bonds is 9. The van der Waals surface area contributed by atoms with Gasteiger partial charge in [0.25, 0.3) is 0 Å². The first-order valence-corrected chi connectivity index (χ1v) is 8.65. The van der Waals surface area contributed by atoms with Gasteiger partial charge in [0.05, 0.1) is 0 Å². The van der Waals surface area contributed by atoms with Crippen molar-refractivity contribution in [1.82, 2.24) is 5.32 Å². The molecule has 3 heteroatoms. The van der Waals surface area contributed by atoms with Gasteiger partial charge >= 0.3 is 0 Å². The summed E-state index contributed by atoms with van der Waals surface area (Å²) < 4.78 is 6.76. The van der Waals surface area contributed by atoms with Crippen LogP contribution in [0.2, 0.25) is 0 Å². The van der Waals surface area contributed by atoms with E-state index in [1.165, 1.54) is 35.7 Å². The third kappa shape index (κ3) is 5.19. The van der Waals surface area contributed by atoms with Crippen molar-refractivity contribution < 1.29 is 4.74 Å². The van der Waals surface area contributed by atoms with Crippen LogP contribution < -0.4 is 5.32 Å². The number of nitrogens with one attached hydrogen (secondary N) is 1. The molecule has 0 saturated heterocycles. The molecule has 0 bridgehead atoms. The van der Waals surface area contributed by atoms with Crippen molar-refractivity contribution in [3.05, 3.63) is 34.3 Å². The van der Waals surface area contributed by atoms with Crippen LogP contribution in [0.25, 0.3) is 0 Å². The van der Waals surface area contributed by atoms with Crippen LogP contribution in [0.15, 0.2) is 28.7 Å². The van der Waals surface area contributed by atoms with Gasteiger partial charge in [-0.15, -0.1) is 0 Å². The maximum absolute atomic E-state index is 5.57. The molecule has 20 heavy (non-hydrogen) atoms. The van der Waals surface area contributed by atoms with Crippen molar-refractivity contribution in [2.75, 3.05) is 19.8 Å². The second kappa shape index (κ2) is 8.81. The third-order valence-electron chi connectivity index (χ3n) is 4.00. The Balaban J connectivity index is 1.52. The topological polar surface area (TPSA) is 21.3 Å². The zero-order valence-electron chi connectivity index (χ0n) is 12.4. The number of unbranched alkanes of at least 4 members (excludes halogenated alkanes) is 1. The van der Waals surface area contributed by atoms with E-state index in [1.54, 1.807) is 0 Å². The molecule has 0 radical (unpaired) electrons. The van der Waals surface area contributed by atoms with Crippen molar-refractivity contribution in [1.29, 1.82) is 0 Å². The van der Waals surface area contributed by atoms with Gasteiger partial charge in [0.2, 0.25) is 0 Å². The Bertz CT molecular complexity index is 390. The molecule has 1 aliphatic carbocycles. The van der Waals surface area contributed by atoms with E-state index < -0.39 is 0 Å². The first-order chi connectivity index (χ1) is 9.79. The van der Waals surface area contributed by atoms with E-state index in [2.05, 4.69) is 52.4 Å². The van der Waals surface area contributed by atoms with Gasteiger partial charge in [-0.3, -0.25) is 0 Å². The lowest BCUT2D eigenvalue weighted by Gasteiger charge is -2.36. The molecule has 0 amide bonds. The predicted molar refractivity (Wildman–Crippen MR) is 88.3 cm³/mol. The Labute approximate surface area is 131 Å². The first kappa shape index (κ1) is 16.0. The van der Waals surface area contributed by atoms with Gasteiger partial charge in [-0.2, -0.15) is 0 Å². The normalized spacial score (nSPS) is 21.7. The van der Waals surface area contributed by atoms with E-state index in [0.717, 1.165) is 32.1 Å². The van der Waals surface area contributed by atoms with Crippen molar-refractivity contribution >= 4 is 15.9 Å². The van der Waals surface area contributed by atoms with Crippen molar-refractivity contribution in [2.45, 2.75) is 51.0 Å². The monoisotopic (exact) mass is 339 g/mol. The fourth-order valence-electron chi connectivity index (χ4n) is 2.65. The highest BCUT2D eigenvalue weighted by Crippen LogP contribution is 2.37. The summed E-state index contributed by atoms with van der Waals surface area (Å²) in [7, 11) is 0. The zero-order chi connectivity index (χ0) is 14.2. The largest absolute Gasteiger partial charge is 0.381 e. The highest BCUT2D eigenvalue weighted by Gasteiger charge is 2.29. The van der Waals surface area contributed by atoms with Gasteiger partial charge in [0, 0.05) is 23.7 Å². The van der Waals surface area contributed by atoms with Crippen LogP contribution in [0.3, 0.4) is 0 Å². The molecule has 1 aromatic rings. The fraction of sp³-hybridized carbons (Fsp3) is 0.647. The van der Waals surface area contributed by atoms with Gasteiger partial charge in [0.15, 0.2) is 0 Å². The molecule has 0 atom stereocenters. The molecule has 0 heterocycles. The van der Waals surface area contributed by atoms with Crippen LogP contribution in [0, 0.1) is 0 Å². The molecule has 1 aliphatic rings. The maximum Gasteiger partial charge on any atom is 0.0478 e. The molecule has 0 spiro atoms. The number of hydrogen-bond acceptors (Lipinski definition) is 2. The van der Waals surface area contributed by atoms with Crippen LogP contribution in [0.4, 0.5) is 0 Å². The minimum absolute atomic E-state index is 0.703. The Morgan fingerprint density at radius 3 is 2.80 bits per heavy atom.